The Labute approximate surface area is 267 Å². The summed E-state index contributed by atoms with van der Waals surface area (Å²) in [6.45, 7) is 12.7. The highest BCUT2D eigenvalue weighted by molar-refractivity contribution is 5.96. The van der Waals surface area contributed by atoms with Crippen LogP contribution in [0.25, 0.3) is 11.3 Å². The molecule has 2 aromatic rings. The van der Waals surface area contributed by atoms with Gasteiger partial charge in [0.1, 0.15) is 12.4 Å². The van der Waals surface area contributed by atoms with Gasteiger partial charge in [0.05, 0.1) is 5.70 Å². The molecule has 240 valence electrons. The molecule has 0 aromatic heterocycles. The van der Waals surface area contributed by atoms with Gasteiger partial charge in [-0.25, -0.2) is 4.79 Å². The summed E-state index contributed by atoms with van der Waals surface area (Å²) in [7, 11) is 3.97. The molecule has 0 aliphatic carbocycles. The molecule has 1 fully saturated rings. The van der Waals surface area contributed by atoms with Crippen LogP contribution in [-0.4, -0.2) is 85.9 Å². The van der Waals surface area contributed by atoms with Crippen LogP contribution >= 0.6 is 0 Å². The number of nitrogens with zero attached hydrogens (tertiary/aromatic N) is 4. The number of rotatable bonds is 9. The van der Waals surface area contributed by atoms with E-state index in [1.807, 2.05) is 66.7 Å². The van der Waals surface area contributed by atoms with E-state index in [9.17, 15) is 9.59 Å². The van der Waals surface area contributed by atoms with Gasteiger partial charge < -0.3 is 30.2 Å². The molecule has 2 heterocycles. The fraction of sp³-hybridized carbons (Fsp3) is 0.400. The molecule has 3 amide bonds. The minimum absolute atomic E-state index is 0.00842. The summed E-state index contributed by atoms with van der Waals surface area (Å²) in [4.78, 5) is 36.9. The topological polar surface area (TPSA) is 102 Å². The van der Waals surface area contributed by atoms with Crippen molar-refractivity contribution in [2.24, 2.45) is 10.6 Å². The molecule has 2 aliphatic rings. The number of oxime groups is 1. The Kier molecular flexibility index (Phi) is 11.4. The number of hydrogen-bond donors (Lipinski definition) is 3. The molecule has 3 N–H and O–H groups in total. The van der Waals surface area contributed by atoms with Gasteiger partial charge in [0, 0.05) is 64.3 Å². The molecule has 10 nitrogen and oxygen atoms in total. The predicted octanol–water partition coefficient (Wildman–Crippen LogP) is 4.70. The van der Waals surface area contributed by atoms with Crippen molar-refractivity contribution in [1.82, 2.24) is 30.7 Å². The Morgan fingerprint density at radius 2 is 1.64 bits per heavy atom. The highest BCUT2D eigenvalue weighted by Crippen LogP contribution is 2.26. The third-order valence-corrected chi connectivity index (χ3v) is 7.48. The van der Waals surface area contributed by atoms with E-state index in [1.54, 1.807) is 6.92 Å². The number of carbonyl (C=O) groups excluding carboxylic acids is 2. The second kappa shape index (κ2) is 15.4. The number of piperazine rings is 1. The van der Waals surface area contributed by atoms with Crippen molar-refractivity contribution in [1.29, 1.82) is 0 Å². The SMILES string of the molecule is CN/C=C(/c1ccc(CNC(=O)N/C(C)=N/OCC(C)(C)C)cc1)N1C=CC(c2ccc(C(=O)N3CCN(C)CC3)cc2)=CC1. The first-order chi connectivity index (χ1) is 21.5. The molecule has 0 saturated carbocycles. The molecule has 45 heavy (non-hydrogen) atoms. The van der Waals surface area contributed by atoms with Crippen molar-refractivity contribution in [2.75, 3.05) is 53.4 Å². The summed E-state index contributed by atoms with van der Waals surface area (Å²) in [5.74, 6) is 0.497. The summed E-state index contributed by atoms with van der Waals surface area (Å²) in [6, 6.07) is 15.7. The maximum atomic E-state index is 12.9. The van der Waals surface area contributed by atoms with Gasteiger partial charge in [-0.15, -0.1) is 0 Å². The number of allylic oxidation sites excluding steroid dienone is 2. The van der Waals surface area contributed by atoms with Crippen LogP contribution in [0, 0.1) is 5.41 Å². The zero-order valence-electron chi connectivity index (χ0n) is 27.4. The summed E-state index contributed by atoms with van der Waals surface area (Å²) >= 11 is 0. The van der Waals surface area contributed by atoms with Crippen LogP contribution in [0.5, 0.6) is 0 Å². The lowest BCUT2D eigenvalue weighted by atomic mass is 9.99. The van der Waals surface area contributed by atoms with Crippen LogP contribution in [0.15, 0.2) is 78.2 Å². The Bertz CT molecular complexity index is 1430. The van der Waals surface area contributed by atoms with Crippen LogP contribution < -0.4 is 16.0 Å². The monoisotopic (exact) mass is 613 g/mol. The summed E-state index contributed by atoms with van der Waals surface area (Å²) in [5.41, 5.74) is 5.97. The smallest absolute Gasteiger partial charge is 0.320 e. The van der Waals surface area contributed by atoms with Gasteiger partial charge in [-0.3, -0.25) is 10.1 Å². The van der Waals surface area contributed by atoms with E-state index in [2.05, 4.69) is 77.1 Å². The van der Waals surface area contributed by atoms with Crippen LogP contribution in [0.1, 0.15) is 54.7 Å². The molecule has 1 saturated heterocycles. The molecule has 0 atom stereocenters. The fourth-order valence-corrected chi connectivity index (χ4v) is 4.88. The zero-order valence-corrected chi connectivity index (χ0v) is 27.4. The highest BCUT2D eigenvalue weighted by atomic mass is 16.6. The number of carbonyl (C=O) groups is 2. The maximum absolute atomic E-state index is 12.9. The summed E-state index contributed by atoms with van der Waals surface area (Å²) < 4.78 is 0. The van der Waals surface area contributed by atoms with Crippen molar-refractivity contribution in [3.8, 4) is 0 Å². The first kappa shape index (κ1) is 33.3. The van der Waals surface area contributed by atoms with Crippen LogP contribution in [0.4, 0.5) is 4.79 Å². The first-order valence-corrected chi connectivity index (χ1v) is 15.4. The van der Waals surface area contributed by atoms with E-state index < -0.39 is 0 Å². The normalized spacial score (nSPS) is 16.3. The van der Waals surface area contributed by atoms with Gasteiger partial charge >= 0.3 is 6.03 Å². The van der Waals surface area contributed by atoms with Crippen molar-refractivity contribution in [2.45, 2.75) is 34.2 Å². The molecule has 0 spiro atoms. The maximum Gasteiger partial charge on any atom is 0.320 e. The summed E-state index contributed by atoms with van der Waals surface area (Å²) in [5, 5.41) is 12.7. The lowest BCUT2D eigenvalue weighted by Crippen LogP contribution is -2.47. The Morgan fingerprint density at radius 1 is 0.978 bits per heavy atom. The first-order valence-electron chi connectivity index (χ1n) is 15.4. The molecule has 4 rings (SSSR count). The number of likely N-dealkylation sites (N-methyl/N-ethyl adjacent to an activating group) is 1. The van der Waals surface area contributed by atoms with Gasteiger partial charge in [-0.2, -0.15) is 0 Å². The van der Waals surface area contributed by atoms with E-state index in [4.69, 9.17) is 4.84 Å². The molecular formula is C35H47N7O3. The Morgan fingerprint density at radius 3 is 2.24 bits per heavy atom. The lowest BCUT2D eigenvalue weighted by Gasteiger charge is -2.32. The number of hydrogen-bond acceptors (Lipinski definition) is 7. The molecule has 0 bridgehead atoms. The second-order valence-corrected chi connectivity index (χ2v) is 12.6. The van der Waals surface area contributed by atoms with Crippen LogP contribution in [-0.2, 0) is 11.4 Å². The van der Waals surface area contributed by atoms with Crippen molar-refractivity contribution in [3.63, 3.8) is 0 Å². The second-order valence-electron chi connectivity index (χ2n) is 12.6. The highest BCUT2D eigenvalue weighted by Gasteiger charge is 2.20. The van der Waals surface area contributed by atoms with Gasteiger partial charge in [0.15, 0.2) is 0 Å². The minimum atomic E-state index is -0.340. The number of nitrogens with one attached hydrogen (secondary N) is 3. The molecule has 0 radical (unpaired) electrons. The van der Waals surface area contributed by atoms with Gasteiger partial charge in [0.25, 0.3) is 5.91 Å². The van der Waals surface area contributed by atoms with Crippen molar-refractivity contribution >= 4 is 29.0 Å². The molecule has 2 aromatic carbocycles. The van der Waals surface area contributed by atoms with Crippen molar-refractivity contribution in [3.05, 3.63) is 95.3 Å². The van der Waals surface area contributed by atoms with Gasteiger partial charge in [0.2, 0.25) is 0 Å². The van der Waals surface area contributed by atoms with E-state index in [0.717, 1.165) is 59.7 Å². The molecule has 0 unspecified atom stereocenters. The van der Waals surface area contributed by atoms with Crippen LogP contribution in [0.2, 0.25) is 0 Å². The van der Waals surface area contributed by atoms with Crippen LogP contribution in [0.3, 0.4) is 0 Å². The number of benzene rings is 2. The van der Waals surface area contributed by atoms with E-state index >= 15 is 0 Å². The fourth-order valence-electron chi connectivity index (χ4n) is 4.88. The largest absolute Gasteiger partial charge is 0.394 e. The molecule has 2 aliphatic heterocycles. The average Bonchev–Trinajstić information content (AvgIpc) is 3.02. The molecular weight excluding hydrogens is 566 g/mol. The predicted molar refractivity (Wildman–Crippen MR) is 181 cm³/mol. The number of amidine groups is 1. The standard InChI is InChI=1S/C35H47N7O3/c1-26(39-45-25-35(2,3)4)38-34(44)37-23-27-7-9-30(10-8-27)32(24-36-5)41-17-15-29(16-18-41)28-11-13-31(14-12-28)33(43)42-21-19-40(6)20-22-42/h7-17,24,36H,18-23,25H2,1-6H3,(H2,37,38,39,44)/b32-24-. The van der Waals surface area contributed by atoms with E-state index in [-0.39, 0.29) is 17.4 Å². The number of amides is 3. The Balaban J connectivity index is 1.30. The Hall–Kier alpha value is -4.57. The lowest BCUT2D eigenvalue weighted by molar-refractivity contribution is 0.0664. The van der Waals surface area contributed by atoms with E-state index in [1.165, 1.54) is 0 Å². The van der Waals surface area contributed by atoms with E-state index in [0.29, 0.717) is 25.5 Å². The van der Waals surface area contributed by atoms with Gasteiger partial charge in [-0.1, -0.05) is 68.4 Å². The summed E-state index contributed by atoms with van der Waals surface area (Å²) in [6.07, 6.45) is 8.35. The zero-order chi connectivity index (χ0) is 32.4. The third-order valence-electron chi connectivity index (χ3n) is 7.48. The quantitative estimate of drug-likeness (QED) is 0.215. The van der Waals surface area contributed by atoms with Gasteiger partial charge in [-0.05, 0) is 59.9 Å². The molecule has 10 heteroatoms. The average molecular weight is 614 g/mol. The minimum Gasteiger partial charge on any atom is -0.394 e. The van der Waals surface area contributed by atoms with Crippen molar-refractivity contribution < 1.29 is 14.4 Å². The third kappa shape index (κ3) is 9.97. The number of urea groups is 1.